The van der Waals surface area contributed by atoms with Gasteiger partial charge >= 0.3 is 5.69 Å². The molecule has 9 nitrogen and oxygen atoms in total. The van der Waals surface area contributed by atoms with Crippen molar-refractivity contribution in [1.82, 2.24) is 9.97 Å². The van der Waals surface area contributed by atoms with Crippen molar-refractivity contribution in [2.75, 3.05) is 36.0 Å². The van der Waals surface area contributed by atoms with Gasteiger partial charge in [-0.05, 0) is 30.7 Å². The van der Waals surface area contributed by atoms with Gasteiger partial charge in [0.15, 0.2) is 0 Å². The summed E-state index contributed by atoms with van der Waals surface area (Å²) in [6, 6.07) is 14.4. The number of nitriles is 2. The van der Waals surface area contributed by atoms with Gasteiger partial charge in [-0.15, -0.1) is 0 Å². The molecule has 31 heavy (non-hydrogen) atoms. The summed E-state index contributed by atoms with van der Waals surface area (Å²) in [4.78, 5) is 23.5. The molecule has 0 saturated carbocycles. The zero-order chi connectivity index (χ0) is 22.1. The molecule has 1 aromatic heterocycles. The van der Waals surface area contributed by atoms with Crippen LogP contribution in [0.2, 0.25) is 0 Å². The van der Waals surface area contributed by atoms with Crippen molar-refractivity contribution in [1.29, 1.82) is 10.5 Å². The third kappa shape index (κ3) is 5.67. The fraction of sp³-hybridized carbons (Fsp3) is 0.455. The van der Waals surface area contributed by atoms with Crippen LogP contribution >= 0.6 is 0 Å². The van der Waals surface area contributed by atoms with Gasteiger partial charge in [0.1, 0.15) is 6.33 Å². The Bertz CT molecular complexity index is 942. The number of hydrogen-bond acceptors (Lipinski definition) is 8. The third-order valence-corrected chi connectivity index (χ3v) is 5.53. The summed E-state index contributed by atoms with van der Waals surface area (Å²) in [6.45, 7) is 1.92. The molecule has 3 rings (SSSR count). The van der Waals surface area contributed by atoms with Crippen LogP contribution in [0.3, 0.4) is 0 Å². The highest BCUT2D eigenvalue weighted by atomic mass is 16.6. The number of rotatable bonds is 9. The Morgan fingerprint density at radius 3 is 2.32 bits per heavy atom. The number of anilines is 2. The van der Waals surface area contributed by atoms with E-state index in [9.17, 15) is 10.1 Å². The third-order valence-electron chi connectivity index (χ3n) is 5.53. The van der Waals surface area contributed by atoms with Crippen molar-refractivity contribution in [3.8, 4) is 12.1 Å². The van der Waals surface area contributed by atoms with E-state index in [1.807, 2.05) is 35.2 Å². The molecule has 160 valence electrons. The average molecular weight is 419 g/mol. The van der Waals surface area contributed by atoms with Crippen molar-refractivity contribution in [3.05, 3.63) is 52.3 Å². The van der Waals surface area contributed by atoms with Crippen LogP contribution < -0.4 is 9.80 Å². The minimum atomic E-state index is -0.452. The highest BCUT2D eigenvalue weighted by Crippen LogP contribution is 2.36. The molecule has 9 heteroatoms. The van der Waals surface area contributed by atoms with Crippen LogP contribution in [0.25, 0.3) is 0 Å². The van der Waals surface area contributed by atoms with Crippen LogP contribution in [-0.4, -0.2) is 41.1 Å². The fourth-order valence-electron chi connectivity index (χ4n) is 3.98. The molecule has 1 fully saturated rings. The summed E-state index contributed by atoms with van der Waals surface area (Å²) in [5.41, 5.74) is 1.15. The molecule has 1 aliphatic rings. The summed E-state index contributed by atoms with van der Waals surface area (Å²) >= 11 is 0. The van der Waals surface area contributed by atoms with Gasteiger partial charge in [0, 0.05) is 26.2 Å². The van der Waals surface area contributed by atoms with Crippen LogP contribution in [0, 0.1) is 38.7 Å². The molecule has 1 aromatic carbocycles. The molecule has 0 unspecified atom stereocenters. The van der Waals surface area contributed by atoms with E-state index in [0.717, 1.165) is 19.3 Å². The zero-order valence-corrected chi connectivity index (χ0v) is 17.4. The van der Waals surface area contributed by atoms with Crippen molar-refractivity contribution in [2.45, 2.75) is 32.1 Å². The molecule has 1 aliphatic heterocycles. The lowest BCUT2D eigenvalue weighted by Crippen LogP contribution is -2.36. The second-order valence-electron chi connectivity index (χ2n) is 7.55. The standard InChI is InChI=1S/C22H25N7O2/c23-10-4-12-27(13-5-11-24)21-20(29(30)31)22(26-17-25-21)28-14-8-19(9-15-28)16-18-6-2-1-3-7-18/h1-3,6-7,17,19H,4-5,8-9,12-16H2. The first-order valence-corrected chi connectivity index (χ1v) is 10.4. The molecular formula is C22H25N7O2. The van der Waals surface area contributed by atoms with E-state index in [0.29, 0.717) is 24.8 Å². The minimum absolute atomic E-state index is 0.153. The number of benzene rings is 1. The van der Waals surface area contributed by atoms with Crippen LogP contribution in [0.4, 0.5) is 17.3 Å². The predicted molar refractivity (Wildman–Crippen MR) is 116 cm³/mol. The van der Waals surface area contributed by atoms with Crippen LogP contribution in [0.5, 0.6) is 0 Å². The van der Waals surface area contributed by atoms with E-state index in [4.69, 9.17) is 10.5 Å². The van der Waals surface area contributed by atoms with E-state index in [-0.39, 0.29) is 37.4 Å². The Morgan fingerprint density at radius 1 is 1.10 bits per heavy atom. The summed E-state index contributed by atoms with van der Waals surface area (Å²) < 4.78 is 0. The zero-order valence-electron chi connectivity index (χ0n) is 17.4. The molecule has 0 atom stereocenters. The highest BCUT2D eigenvalue weighted by Gasteiger charge is 2.31. The Hall–Kier alpha value is -3.72. The first-order valence-electron chi connectivity index (χ1n) is 10.4. The quantitative estimate of drug-likeness (QED) is 0.447. The minimum Gasteiger partial charge on any atom is -0.351 e. The predicted octanol–water partition coefficient (Wildman–Crippen LogP) is 3.48. The fourth-order valence-corrected chi connectivity index (χ4v) is 3.98. The van der Waals surface area contributed by atoms with Gasteiger partial charge in [0.05, 0.1) is 29.9 Å². The van der Waals surface area contributed by atoms with Gasteiger partial charge < -0.3 is 9.80 Å². The first-order chi connectivity index (χ1) is 15.1. The largest absolute Gasteiger partial charge is 0.353 e. The summed E-state index contributed by atoms with van der Waals surface area (Å²) in [5, 5.41) is 29.9. The first kappa shape index (κ1) is 22.0. The van der Waals surface area contributed by atoms with Crippen molar-refractivity contribution in [2.24, 2.45) is 5.92 Å². The van der Waals surface area contributed by atoms with E-state index in [2.05, 4.69) is 22.1 Å². The smallest absolute Gasteiger partial charge is 0.351 e. The lowest BCUT2D eigenvalue weighted by molar-refractivity contribution is -0.383. The maximum atomic E-state index is 12.0. The van der Waals surface area contributed by atoms with Gasteiger partial charge in [-0.1, -0.05) is 30.3 Å². The Morgan fingerprint density at radius 2 is 1.74 bits per heavy atom. The van der Waals surface area contributed by atoms with E-state index >= 15 is 0 Å². The average Bonchev–Trinajstić information content (AvgIpc) is 2.80. The SMILES string of the molecule is N#CCCN(CCC#N)c1ncnc(N2CCC(Cc3ccccc3)CC2)c1[N+](=O)[O-]. The van der Waals surface area contributed by atoms with Gasteiger partial charge in [-0.2, -0.15) is 10.5 Å². The molecule has 0 aliphatic carbocycles. The Kier molecular flexibility index (Phi) is 7.72. The Labute approximate surface area is 181 Å². The number of hydrogen-bond donors (Lipinski definition) is 0. The molecule has 0 radical (unpaired) electrons. The van der Waals surface area contributed by atoms with Crippen molar-refractivity contribution in [3.63, 3.8) is 0 Å². The van der Waals surface area contributed by atoms with Gasteiger partial charge in [-0.25, -0.2) is 9.97 Å². The van der Waals surface area contributed by atoms with Crippen LogP contribution in [0.1, 0.15) is 31.2 Å². The molecule has 1 saturated heterocycles. The number of aromatic nitrogens is 2. The lowest BCUT2D eigenvalue weighted by atomic mass is 9.90. The van der Waals surface area contributed by atoms with E-state index in [1.54, 1.807) is 4.90 Å². The summed E-state index contributed by atoms with van der Waals surface area (Å²) in [6.07, 6.45) is 4.57. The summed E-state index contributed by atoms with van der Waals surface area (Å²) in [7, 11) is 0. The van der Waals surface area contributed by atoms with Gasteiger partial charge in [0.2, 0.25) is 11.6 Å². The Balaban J connectivity index is 1.78. The molecule has 2 heterocycles. The number of piperidine rings is 1. The van der Waals surface area contributed by atoms with Gasteiger partial charge in [0.25, 0.3) is 0 Å². The van der Waals surface area contributed by atoms with Crippen LogP contribution in [-0.2, 0) is 6.42 Å². The number of nitro groups is 1. The lowest BCUT2D eigenvalue weighted by Gasteiger charge is -2.33. The second-order valence-corrected chi connectivity index (χ2v) is 7.55. The normalized spacial score (nSPS) is 13.9. The molecule has 0 N–H and O–H groups in total. The molecule has 0 bridgehead atoms. The molecular weight excluding hydrogens is 394 g/mol. The van der Waals surface area contributed by atoms with Crippen LogP contribution in [0.15, 0.2) is 36.7 Å². The summed E-state index contributed by atoms with van der Waals surface area (Å²) in [5.74, 6) is 1.01. The highest BCUT2D eigenvalue weighted by molar-refractivity contribution is 5.71. The van der Waals surface area contributed by atoms with Crippen molar-refractivity contribution < 1.29 is 4.92 Å². The molecule has 2 aromatic rings. The molecule has 0 amide bonds. The topological polar surface area (TPSA) is 123 Å². The molecule has 0 spiro atoms. The van der Waals surface area contributed by atoms with Crippen molar-refractivity contribution >= 4 is 17.3 Å². The maximum Gasteiger partial charge on any atom is 0.353 e. The van der Waals surface area contributed by atoms with E-state index < -0.39 is 4.92 Å². The second kappa shape index (κ2) is 10.9. The monoisotopic (exact) mass is 419 g/mol. The maximum absolute atomic E-state index is 12.0. The number of nitrogens with zero attached hydrogens (tertiary/aromatic N) is 7. The van der Waals surface area contributed by atoms with Gasteiger partial charge in [-0.3, -0.25) is 10.1 Å². The van der Waals surface area contributed by atoms with E-state index in [1.165, 1.54) is 11.9 Å².